The van der Waals surface area contributed by atoms with Crippen LogP contribution in [-0.2, 0) is 4.74 Å². The van der Waals surface area contributed by atoms with E-state index in [0.717, 1.165) is 29.0 Å². The number of aromatic amines is 2. The third-order valence-corrected chi connectivity index (χ3v) is 6.14. The average Bonchev–Trinajstić information content (AvgIpc) is 3.23. The lowest BCUT2D eigenvalue weighted by Crippen LogP contribution is -2.37. The number of allylic oxidation sites excluding steroid dienone is 1. The summed E-state index contributed by atoms with van der Waals surface area (Å²) in [5.41, 5.74) is 1.31. The number of ether oxygens (including phenoxy) is 1. The fourth-order valence-electron chi connectivity index (χ4n) is 3.99. The van der Waals surface area contributed by atoms with E-state index >= 15 is 0 Å². The van der Waals surface area contributed by atoms with Crippen LogP contribution in [0.1, 0.15) is 64.2 Å². The van der Waals surface area contributed by atoms with Crippen LogP contribution in [0.5, 0.6) is 0 Å². The van der Waals surface area contributed by atoms with Gasteiger partial charge in [-0.05, 0) is 44.1 Å². The summed E-state index contributed by atoms with van der Waals surface area (Å²) in [5, 5.41) is 10.5. The van der Waals surface area contributed by atoms with Crippen molar-refractivity contribution in [2.45, 2.75) is 64.2 Å². The van der Waals surface area contributed by atoms with Crippen LogP contribution in [0.25, 0.3) is 10.7 Å². The summed E-state index contributed by atoms with van der Waals surface area (Å²) in [4.78, 5) is 12.3. The lowest BCUT2D eigenvalue weighted by Gasteiger charge is -2.21. The molecule has 5 heteroatoms. The van der Waals surface area contributed by atoms with E-state index in [1.807, 2.05) is 0 Å². The minimum Gasteiger partial charge on any atom is -0.453 e. The van der Waals surface area contributed by atoms with Gasteiger partial charge in [0.25, 0.3) is 5.56 Å². The Morgan fingerprint density at radius 2 is 1.74 bits per heavy atom. The molecule has 4 nitrogen and oxygen atoms in total. The standard InChI is InChI=1S/C18H24N2O2S/c21-17-15(16(19-20-17)13-9-5-2-6-10-13)18-22-14(11-23-18)12-7-3-1-4-8-12/h11-12,19H,1-10H2,(H,20,21). The number of hydrogen-bond acceptors (Lipinski definition) is 3. The Morgan fingerprint density at radius 1 is 1.00 bits per heavy atom. The van der Waals surface area contributed by atoms with Crippen LogP contribution < -0.4 is 16.1 Å². The zero-order valence-electron chi connectivity index (χ0n) is 13.5. The maximum atomic E-state index is 12.3. The van der Waals surface area contributed by atoms with Gasteiger partial charge in [0, 0.05) is 11.3 Å². The molecule has 0 bridgehead atoms. The molecule has 124 valence electrons. The summed E-state index contributed by atoms with van der Waals surface area (Å²) in [6.45, 7) is 0. The highest BCUT2D eigenvalue weighted by Crippen LogP contribution is 2.39. The predicted octanol–water partition coefficient (Wildman–Crippen LogP) is 3.07. The second kappa shape index (κ2) is 6.63. The average molecular weight is 332 g/mol. The molecule has 0 radical (unpaired) electrons. The van der Waals surface area contributed by atoms with Crippen LogP contribution in [0.4, 0.5) is 0 Å². The molecule has 23 heavy (non-hydrogen) atoms. The molecule has 2 saturated carbocycles. The summed E-state index contributed by atoms with van der Waals surface area (Å²) in [6.07, 6.45) is 12.3. The maximum absolute atomic E-state index is 12.3. The molecule has 1 aromatic rings. The highest BCUT2D eigenvalue weighted by molar-refractivity contribution is 8.10. The zero-order valence-corrected chi connectivity index (χ0v) is 14.3. The largest absolute Gasteiger partial charge is 0.453 e. The van der Waals surface area contributed by atoms with E-state index in [4.69, 9.17) is 4.74 Å². The Kier molecular flexibility index (Phi) is 4.38. The lowest BCUT2D eigenvalue weighted by atomic mass is 9.88. The van der Waals surface area contributed by atoms with Gasteiger partial charge in [-0.1, -0.05) is 37.4 Å². The molecular formula is C18H24N2O2S. The predicted molar refractivity (Wildman–Crippen MR) is 93.9 cm³/mol. The van der Waals surface area contributed by atoms with Crippen molar-refractivity contribution in [1.29, 1.82) is 0 Å². The molecule has 2 fully saturated rings. The van der Waals surface area contributed by atoms with Gasteiger partial charge in [0.15, 0.2) is 5.09 Å². The second-order valence-corrected chi connectivity index (χ2v) is 7.70. The van der Waals surface area contributed by atoms with E-state index in [9.17, 15) is 4.79 Å². The van der Waals surface area contributed by atoms with Crippen molar-refractivity contribution in [2.75, 3.05) is 0 Å². The molecule has 1 aromatic heterocycles. The molecule has 4 rings (SSSR count). The number of thioether (sulfide) groups is 1. The summed E-state index contributed by atoms with van der Waals surface area (Å²) in [6, 6.07) is 0. The number of aromatic nitrogens is 2. The quantitative estimate of drug-likeness (QED) is 0.831. The first kappa shape index (κ1) is 15.2. The van der Waals surface area contributed by atoms with E-state index in [1.54, 1.807) is 11.8 Å². The van der Waals surface area contributed by atoms with Crippen LogP contribution in [0.2, 0.25) is 0 Å². The van der Waals surface area contributed by atoms with Crippen molar-refractivity contribution in [2.24, 2.45) is 5.92 Å². The topological polar surface area (TPSA) is 57.9 Å². The van der Waals surface area contributed by atoms with Crippen molar-refractivity contribution in [3.8, 4) is 0 Å². The van der Waals surface area contributed by atoms with Gasteiger partial charge >= 0.3 is 0 Å². The number of nitrogens with one attached hydrogen (secondary N) is 2. The SMILES string of the molecule is O=c1[nH][nH]c(=C2CCCCC2)c1=C1OC(C2CCCCC2)=CS1. The third kappa shape index (κ3) is 3.03. The molecule has 1 aliphatic heterocycles. The first-order valence-electron chi connectivity index (χ1n) is 8.90. The van der Waals surface area contributed by atoms with E-state index in [0.29, 0.717) is 11.1 Å². The number of H-pyrrole nitrogens is 2. The van der Waals surface area contributed by atoms with Crippen molar-refractivity contribution < 1.29 is 4.74 Å². The van der Waals surface area contributed by atoms with Gasteiger partial charge in [0.05, 0.1) is 5.35 Å². The van der Waals surface area contributed by atoms with Crippen molar-refractivity contribution in [3.05, 3.63) is 32.1 Å². The van der Waals surface area contributed by atoms with Crippen molar-refractivity contribution >= 4 is 22.4 Å². The summed E-state index contributed by atoms with van der Waals surface area (Å²) >= 11 is 1.57. The molecule has 0 amide bonds. The van der Waals surface area contributed by atoms with Crippen molar-refractivity contribution in [1.82, 2.24) is 10.2 Å². The summed E-state index contributed by atoms with van der Waals surface area (Å²) in [7, 11) is 0. The van der Waals surface area contributed by atoms with Crippen molar-refractivity contribution in [3.63, 3.8) is 0 Å². The molecule has 0 saturated heterocycles. The molecule has 3 aliphatic rings. The van der Waals surface area contributed by atoms with Gasteiger partial charge in [-0.15, -0.1) is 0 Å². The molecule has 2 heterocycles. The molecule has 0 atom stereocenters. The minimum atomic E-state index is -0.0566. The Bertz CT molecular complexity index is 773. The van der Waals surface area contributed by atoms with E-state index in [1.165, 1.54) is 56.9 Å². The van der Waals surface area contributed by atoms with E-state index in [-0.39, 0.29) is 5.56 Å². The number of hydrogen-bond donors (Lipinski definition) is 2. The first-order valence-corrected chi connectivity index (χ1v) is 9.78. The molecular weight excluding hydrogens is 308 g/mol. The summed E-state index contributed by atoms with van der Waals surface area (Å²) in [5.74, 6) is 1.61. The smallest absolute Gasteiger partial charge is 0.276 e. The first-order chi connectivity index (χ1) is 11.3. The zero-order chi connectivity index (χ0) is 15.6. The van der Waals surface area contributed by atoms with Gasteiger partial charge in [-0.3, -0.25) is 15.0 Å². The van der Waals surface area contributed by atoms with Crippen LogP contribution >= 0.6 is 11.8 Å². The van der Waals surface area contributed by atoms with Gasteiger partial charge in [-0.2, -0.15) is 0 Å². The highest BCUT2D eigenvalue weighted by atomic mass is 32.2. The third-order valence-electron chi connectivity index (χ3n) is 5.29. The van der Waals surface area contributed by atoms with Crippen LogP contribution in [0.15, 0.2) is 16.0 Å². The van der Waals surface area contributed by atoms with E-state index in [2.05, 4.69) is 15.6 Å². The van der Waals surface area contributed by atoms with Crippen LogP contribution in [0, 0.1) is 5.92 Å². The Labute approximate surface area is 140 Å². The minimum absolute atomic E-state index is 0.0566. The fraction of sp³-hybridized carbons (Fsp3) is 0.611. The maximum Gasteiger partial charge on any atom is 0.276 e. The molecule has 0 unspecified atom stereocenters. The Balaban J connectivity index is 1.70. The monoisotopic (exact) mass is 332 g/mol. The van der Waals surface area contributed by atoms with Gasteiger partial charge in [0.1, 0.15) is 11.0 Å². The van der Waals surface area contributed by atoms with Gasteiger partial charge in [0.2, 0.25) is 0 Å². The van der Waals surface area contributed by atoms with Crippen LogP contribution in [-0.4, -0.2) is 10.2 Å². The molecule has 2 aliphatic carbocycles. The van der Waals surface area contributed by atoms with Gasteiger partial charge in [-0.25, -0.2) is 0 Å². The highest BCUT2D eigenvalue weighted by Gasteiger charge is 2.25. The Morgan fingerprint density at radius 3 is 2.52 bits per heavy atom. The van der Waals surface area contributed by atoms with Crippen LogP contribution in [0.3, 0.4) is 0 Å². The molecule has 0 spiro atoms. The number of rotatable bonds is 1. The summed E-state index contributed by atoms with van der Waals surface area (Å²) < 4.78 is 6.15. The fourth-order valence-corrected chi connectivity index (χ4v) is 4.91. The normalized spacial score (nSPS) is 25.4. The lowest BCUT2D eigenvalue weighted by molar-refractivity contribution is 0.276. The Hall–Kier alpha value is -1.36. The molecule has 0 aromatic carbocycles. The van der Waals surface area contributed by atoms with E-state index < -0.39 is 0 Å². The molecule has 2 N–H and O–H groups in total. The second-order valence-electron chi connectivity index (χ2n) is 6.86. The van der Waals surface area contributed by atoms with Gasteiger partial charge < -0.3 is 4.74 Å².